The third-order valence-corrected chi connectivity index (χ3v) is 4.92. The van der Waals surface area contributed by atoms with Crippen LogP contribution in [-0.4, -0.2) is 29.0 Å². The lowest BCUT2D eigenvalue weighted by atomic mass is 10.1. The summed E-state index contributed by atoms with van der Waals surface area (Å²) in [4.78, 5) is 12.5. The Hall–Kier alpha value is -3.50. The van der Waals surface area contributed by atoms with Gasteiger partial charge in [-0.05, 0) is 36.8 Å². The molecule has 2 aromatic carbocycles. The predicted molar refractivity (Wildman–Crippen MR) is 109 cm³/mol. The third kappa shape index (κ3) is 3.95. The number of aromatic nitrogens is 2. The molecule has 0 amide bonds. The first-order valence-electron chi connectivity index (χ1n) is 9.34. The molecule has 2 heterocycles. The van der Waals surface area contributed by atoms with Gasteiger partial charge in [-0.1, -0.05) is 29.8 Å². The first kappa shape index (κ1) is 19.8. The molecule has 7 nitrogen and oxygen atoms in total. The van der Waals surface area contributed by atoms with Crippen molar-refractivity contribution in [1.29, 1.82) is 5.26 Å². The fraction of sp³-hybridized carbons (Fsp3) is 0.227. The zero-order chi connectivity index (χ0) is 21.1. The van der Waals surface area contributed by atoms with Crippen molar-refractivity contribution in [2.45, 2.75) is 20.0 Å². The monoisotopic (exact) mass is 423 g/mol. The molecule has 0 N–H and O–H groups in total. The van der Waals surface area contributed by atoms with Crippen molar-refractivity contribution in [3.05, 3.63) is 70.0 Å². The molecule has 0 fully saturated rings. The van der Waals surface area contributed by atoms with Gasteiger partial charge in [-0.2, -0.15) is 10.4 Å². The number of ether oxygens (including phenoxy) is 3. The second-order valence-corrected chi connectivity index (χ2v) is 7.11. The second-order valence-electron chi connectivity index (χ2n) is 6.71. The van der Waals surface area contributed by atoms with Crippen LogP contribution in [0.2, 0.25) is 5.02 Å². The summed E-state index contributed by atoms with van der Waals surface area (Å²) >= 11 is 6.23. The summed E-state index contributed by atoms with van der Waals surface area (Å²) in [5, 5.41) is 14.3. The molecule has 152 valence electrons. The Morgan fingerprint density at radius 2 is 2.03 bits per heavy atom. The Kier molecular flexibility index (Phi) is 5.59. The standard InChI is InChI=1S/C22H18ClN3O4/c1-14-17(12-24)19(26(25-14)16-5-3-2-4-6-16)13-30-21(27)11-15-9-18(23)22-20(10-15)28-7-8-29-22/h2-6,9-10H,7-8,11,13H2,1H3. The highest BCUT2D eigenvalue weighted by Crippen LogP contribution is 2.38. The van der Waals surface area contributed by atoms with Crippen LogP contribution in [0.15, 0.2) is 42.5 Å². The molecule has 1 aromatic heterocycles. The van der Waals surface area contributed by atoms with Gasteiger partial charge in [-0.15, -0.1) is 0 Å². The van der Waals surface area contributed by atoms with Crippen molar-refractivity contribution < 1.29 is 19.0 Å². The first-order valence-corrected chi connectivity index (χ1v) is 9.72. The number of hydrogen-bond acceptors (Lipinski definition) is 6. The van der Waals surface area contributed by atoms with E-state index in [1.807, 2.05) is 30.3 Å². The quantitative estimate of drug-likeness (QED) is 0.581. The smallest absolute Gasteiger partial charge is 0.310 e. The van der Waals surface area contributed by atoms with E-state index >= 15 is 0 Å². The Bertz CT molecular complexity index is 1140. The van der Waals surface area contributed by atoms with Crippen LogP contribution >= 0.6 is 11.6 Å². The molecule has 0 saturated heterocycles. The molecule has 0 bridgehead atoms. The predicted octanol–water partition coefficient (Wildman–Crippen LogP) is 3.76. The molecule has 30 heavy (non-hydrogen) atoms. The van der Waals surface area contributed by atoms with E-state index < -0.39 is 5.97 Å². The molecule has 0 atom stereocenters. The Morgan fingerprint density at radius 3 is 2.80 bits per heavy atom. The van der Waals surface area contributed by atoms with E-state index in [-0.39, 0.29) is 13.0 Å². The Balaban J connectivity index is 1.51. The van der Waals surface area contributed by atoms with Crippen LogP contribution in [0, 0.1) is 18.3 Å². The van der Waals surface area contributed by atoms with E-state index in [0.717, 1.165) is 5.69 Å². The summed E-state index contributed by atoms with van der Waals surface area (Å²) in [7, 11) is 0. The van der Waals surface area contributed by atoms with Crippen molar-refractivity contribution in [1.82, 2.24) is 9.78 Å². The number of hydrogen-bond donors (Lipinski definition) is 0. The minimum Gasteiger partial charge on any atom is -0.486 e. The van der Waals surface area contributed by atoms with Gasteiger partial charge < -0.3 is 14.2 Å². The molecule has 0 spiro atoms. The minimum atomic E-state index is -0.454. The second kappa shape index (κ2) is 8.47. The molecule has 8 heteroatoms. The van der Waals surface area contributed by atoms with Crippen LogP contribution in [0.25, 0.3) is 5.69 Å². The number of carbonyl (C=O) groups excluding carboxylic acids is 1. The van der Waals surface area contributed by atoms with E-state index in [2.05, 4.69) is 11.2 Å². The van der Waals surface area contributed by atoms with Crippen LogP contribution < -0.4 is 9.47 Å². The lowest BCUT2D eigenvalue weighted by molar-refractivity contribution is -0.144. The largest absolute Gasteiger partial charge is 0.486 e. The van der Waals surface area contributed by atoms with Gasteiger partial charge in [0.15, 0.2) is 11.5 Å². The van der Waals surface area contributed by atoms with Gasteiger partial charge in [0.1, 0.15) is 31.5 Å². The van der Waals surface area contributed by atoms with Crippen LogP contribution in [-0.2, 0) is 22.6 Å². The molecule has 0 saturated carbocycles. The highest BCUT2D eigenvalue weighted by Gasteiger charge is 2.20. The van der Waals surface area contributed by atoms with Gasteiger partial charge in [0.25, 0.3) is 0 Å². The number of esters is 1. The fourth-order valence-electron chi connectivity index (χ4n) is 3.27. The number of fused-ring (bicyclic) bond motifs is 1. The number of nitrogens with zero attached hydrogens (tertiary/aromatic N) is 3. The topological polar surface area (TPSA) is 86.4 Å². The fourth-order valence-corrected chi connectivity index (χ4v) is 3.56. The molecule has 0 radical (unpaired) electrons. The lowest BCUT2D eigenvalue weighted by Crippen LogP contribution is -2.16. The zero-order valence-corrected chi connectivity index (χ0v) is 17.0. The Morgan fingerprint density at radius 1 is 1.27 bits per heavy atom. The van der Waals surface area contributed by atoms with E-state index in [4.69, 9.17) is 25.8 Å². The van der Waals surface area contributed by atoms with Gasteiger partial charge in [-0.25, -0.2) is 4.68 Å². The number of benzene rings is 2. The zero-order valence-electron chi connectivity index (χ0n) is 16.2. The Labute approximate surface area is 178 Å². The highest BCUT2D eigenvalue weighted by atomic mass is 35.5. The SMILES string of the molecule is Cc1nn(-c2ccccc2)c(COC(=O)Cc2cc(Cl)c3c(c2)OCCO3)c1C#N. The van der Waals surface area contributed by atoms with Gasteiger partial charge in [0.2, 0.25) is 0 Å². The molecule has 0 aliphatic carbocycles. The average Bonchev–Trinajstić information content (AvgIpc) is 3.08. The van der Waals surface area contributed by atoms with Crippen molar-refractivity contribution in [3.8, 4) is 23.3 Å². The van der Waals surface area contributed by atoms with E-state index in [0.29, 0.717) is 52.3 Å². The number of rotatable bonds is 5. The summed E-state index contributed by atoms with van der Waals surface area (Å²) in [6, 6.07) is 14.9. The van der Waals surface area contributed by atoms with Crippen LogP contribution in [0.4, 0.5) is 0 Å². The summed E-state index contributed by atoms with van der Waals surface area (Å²) in [6.07, 6.45) is 0.0106. The molecular weight excluding hydrogens is 406 g/mol. The number of nitriles is 1. The summed E-state index contributed by atoms with van der Waals surface area (Å²) in [5.41, 5.74) is 2.93. The number of carbonyl (C=O) groups is 1. The summed E-state index contributed by atoms with van der Waals surface area (Å²) < 4.78 is 18.1. The normalized spacial score (nSPS) is 12.3. The average molecular weight is 424 g/mol. The molecule has 0 unspecified atom stereocenters. The maximum atomic E-state index is 12.5. The third-order valence-electron chi connectivity index (χ3n) is 4.64. The van der Waals surface area contributed by atoms with Crippen LogP contribution in [0.1, 0.15) is 22.5 Å². The van der Waals surface area contributed by atoms with Gasteiger partial charge >= 0.3 is 5.97 Å². The van der Waals surface area contributed by atoms with Crippen molar-refractivity contribution in [3.63, 3.8) is 0 Å². The van der Waals surface area contributed by atoms with Crippen LogP contribution in [0.3, 0.4) is 0 Å². The maximum absolute atomic E-state index is 12.5. The highest BCUT2D eigenvalue weighted by molar-refractivity contribution is 6.32. The van der Waals surface area contributed by atoms with E-state index in [1.54, 1.807) is 23.7 Å². The van der Waals surface area contributed by atoms with Crippen molar-refractivity contribution in [2.75, 3.05) is 13.2 Å². The lowest BCUT2D eigenvalue weighted by Gasteiger charge is -2.20. The summed E-state index contributed by atoms with van der Waals surface area (Å²) in [5.74, 6) is 0.548. The molecule has 1 aliphatic heterocycles. The molecule has 1 aliphatic rings. The van der Waals surface area contributed by atoms with E-state index in [9.17, 15) is 10.1 Å². The number of halogens is 1. The molecule has 4 rings (SSSR count). The first-order chi connectivity index (χ1) is 14.6. The van der Waals surface area contributed by atoms with Gasteiger partial charge in [0.05, 0.1) is 28.5 Å². The molecular formula is C22H18ClN3O4. The van der Waals surface area contributed by atoms with Gasteiger partial charge in [-0.3, -0.25) is 4.79 Å². The maximum Gasteiger partial charge on any atom is 0.310 e. The van der Waals surface area contributed by atoms with Crippen molar-refractivity contribution >= 4 is 17.6 Å². The summed E-state index contributed by atoms with van der Waals surface area (Å²) in [6.45, 7) is 2.54. The van der Waals surface area contributed by atoms with Crippen LogP contribution in [0.5, 0.6) is 11.5 Å². The van der Waals surface area contributed by atoms with E-state index in [1.165, 1.54) is 0 Å². The molecule has 3 aromatic rings. The number of para-hydroxylation sites is 1. The number of aryl methyl sites for hydroxylation is 1. The minimum absolute atomic E-state index is 0.0106. The van der Waals surface area contributed by atoms with Crippen molar-refractivity contribution in [2.24, 2.45) is 0 Å². The van der Waals surface area contributed by atoms with Gasteiger partial charge in [0, 0.05) is 0 Å².